The maximum absolute atomic E-state index is 13.2. The lowest BCUT2D eigenvalue weighted by Gasteiger charge is -2.25. The van der Waals surface area contributed by atoms with Crippen LogP contribution in [0, 0.1) is 6.92 Å². The van der Waals surface area contributed by atoms with Crippen molar-refractivity contribution in [3.05, 3.63) is 47.9 Å². The van der Waals surface area contributed by atoms with Crippen molar-refractivity contribution in [1.29, 1.82) is 0 Å². The summed E-state index contributed by atoms with van der Waals surface area (Å²) in [4.78, 5) is 15.1. The van der Waals surface area contributed by atoms with Crippen LogP contribution in [0.15, 0.2) is 46.2 Å². The molecule has 140 valence electrons. The minimum Gasteiger partial charge on any atom is -0.469 e. The fourth-order valence-electron chi connectivity index (χ4n) is 3.57. The van der Waals surface area contributed by atoms with Gasteiger partial charge in [0.2, 0.25) is 5.91 Å². The molecule has 0 aliphatic carbocycles. The minimum atomic E-state index is -0.264. The molecule has 3 heterocycles. The Morgan fingerprint density at radius 3 is 2.81 bits per heavy atom. The maximum atomic E-state index is 13.2. The number of benzene rings is 1. The molecule has 6 nitrogen and oxygen atoms in total. The van der Waals surface area contributed by atoms with Gasteiger partial charge >= 0.3 is 0 Å². The Labute approximate surface area is 162 Å². The molecule has 1 aromatic carbocycles. The van der Waals surface area contributed by atoms with Gasteiger partial charge in [0.1, 0.15) is 5.76 Å². The zero-order chi connectivity index (χ0) is 19.1. The fourth-order valence-corrected chi connectivity index (χ4v) is 4.44. The third-order valence-corrected chi connectivity index (χ3v) is 6.13. The van der Waals surface area contributed by atoms with E-state index >= 15 is 0 Å². The van der Waals surface area contributed by atoms with E-state index in [2.05, 4.69) is 23.2 Å². The number of amides is 1. The SMILES string of the molecule is Cc1occc1-c1nnc(S[C@H](C)C(=O)N2c3ccccc3C[C@@H]2C)n1C. The zero-order valence-corrected chi connectivity index (χ0v) is 16.7. The summed E-state index contributed by atoms with van der Waals surface area (Å²) in [6.45, 7) is 5.92. The molecular weight excluding hydrogens is 360 g/mol. The highest BCUT2D eigenvalue weighted by molar-refractivity contribution is 8.00. The lowest BCUT2D eigenvalue weighted by atomic mass is 10.1. The Morgan fingerprint density at radius 2 is 2.07 bits per heavy atom. The lowest BCUT2D eigenvalue weighted by molar-refractivity contribution is -0.118. The first kappa shape index (κ1) is 17.9. The average Bonchev–Trinajstić information content (AvgIpc) is 3.31. The molecule has 1 amide bonds. The number of carbonyl (C=O) groups is 1. The summed E-state index contributed by atoms with van der Waals surface area (Å²) in [6.07, 6.45) is 2.54. The number of rotatable bonds is 4. The first-order valence-electron chi connectivity index (χ1n) is 8.99. The number of anilines is 1. The van der Waals surface area contributed by atoms with Crippen molar-refractivity contribution in [2.45, 2.75) is 43.6 Å². The van der Waals surface area contributed by atoms with Gasteiger partial charge in [-0.15, -0.1) is 10.2 Å². The highest BCUT2D eigenvalue weighted by atomic mass is 32.2. The lowest BCUT2D eigenvalue weighted by Crippen LogP contribution is -2.40. The van der Waals surface area contributed by atoms with Crippen LogP contribution in [-0.4, -0.2) is 32.0 Å². The van der Waals surface area contributed by atoms with E-state index in [1.807, 2.05) is 54.6 Å². The quantitative estimate of drug-likeness (QED) is 0.642. The number of hydrogen-bond donors (Lipinski definition) is 0. The number of aromatic nitrogens is 3. The van der Waals surface area contributed by atoms with E-state index < -0.39 is 0 Å². The van der Waals surface area contributed by atoms with E-state index in [-0.39, 0.29) is 17.2 Å². The molecule has 0 saturated carbocycles. The largest absolute Gasteiger partial charge is 0.469 e. The number of furan rings is 1. The van der Waals surface area contributed by atoms with Gasteiger partial charge in [0.25, 0.3) is 0 Å². The van der Waals surface area contributed by atoms with E-state index in [0.29, 0.717) is 5.16 Å². The minimum absolute atomic E-state index is 0.0986. The molecule has 3 aromatic rings. The van der Waals surface area contributed by atoms with Crippen LogP contribution >= 0.6 is 11.8 Å². The molecule has 0 N–H and O–H groups in total. The summed E-state index contributed by atoms with van der Waals surface area (Å²) in [6, 6.07) is 10.2. The summed E-state index contributed by atoms with van der Waals surface area (Å²) < 4.78 is 7.28. The predicted octanol–water partition coefficient (Wildman–Crippen LogP) is 3.84. The smallest absolute Gasteiger partial charge is 0.240 e. The van der Waals surface area contributed by atoms with Gasteiger partial charge in [-0.25, -0.2) is 0 Å². The third-order valence-electron chi connectivity index (χ3n) is 5.01. The molecule has 0 spiro atoms. The second-order valence-electron chi connectivity index (χ2n) is 6.91. The monoisotopic (exact) mass is 382 g/mol. The van der Waals surface area contributed by atoms with Crippen molar-refractivity contribution in [3.63, 3.8) is 0 Å². The van der Waals surface area contributed by atoms with Gasteiger partial charge in [-0.2, -0.15) is 0 Å². The van der Waals surface area contributed by atoms with E-state index in [1.54, 1.807) is 6.26 Å². The number of nitrogens with zero attached hydrogens (tertiary/aromatic N) is 4. The van der Waals surface area contributed by atoms with Crippen LogP contribution in [-0.2, 0) is 18.3 Å². The molecule has 2 atom stereocenters. The normalized spacial score (nSPS) is 17.2. The number of para-hydroxylation sites is 1. The van der Waals surface area contributed by atoms with Crippen LogP contribution in [0.3, 0.4) is 0 Å². The van der Waals surface area contributed by atoms with E-state index in [0.717, 1.165) is 29.3 Å². The van der Waals surface area contributed by atoms with Gasteiger partial charge in [-0.1, -0.05) is 30.0 Å². The van der Waals surface area contributed by atoms with Crippen molar-refractivity contribution < 1.29 is 9.21 Å². The number of hydrogen-bond acceptors (Lipinski definition) is 5. The van der Waals surface area contributed by atoms with Crippen LogP contribution in [0.1, 0.15) is 25.2 Å². The topological polar surface area (TPSA) is 64.2 Å². The van der Waals surface area contributed by atoms with Crippen molar-refractivity contribution in [1.82, 2.24) is 14.8 Å². The second kappa shape index (κ2) is 6.88. The van der Waals surface area contributed by atoms with Gasteiger partial charge in [0.15, 0.2) is 11.0 Å². The fraction of sp³-hybridized carbons (Fsp3) is 0.350. The number of fused-ring (bicyclic) bond motifs is 1. The molecule has 0 radical (unpaired) electrons. The molecule has 1 aliphatic heterocycles. The molecule has 0 saturated heterocycles. The Balaban J connectivity index is 1.55. The summed E-state index contributed by atoms with van der Waals surface area (Å²) in [7, 11) is 1.91. The van der Waals surface area contributed by atoms with Crippen molar-refractivity contribution in [2.24, 2.45) is 7.05 Å². The Hall–Kier alpha value is -2.54. The van der Waals surface area contributed by atoms with E-state index in [9.17, 15) is 4.79 Å². The van der Waals surface area contributed by atoms with Crippen LogP contribution in [0.5, 0.6) is 0 Å². The Morgan fingerprint density at radius 1 is 1.30 bits per heavy atom. The molecular formula is C20H22N4O2S. The summed E-state index contributed by atoms with van der Waals surface area (Å²) >= 11 is 1.43. The van der Waals surface area contributed by atoms with Crippen molar-refractivity contribution in [3.8, 4) is 11.4 Å². The summed E-state index contributed by atoms with van der Waals surface area (Å²) in [5.74, 6) is 1.64. The number of aryl methyl sites for hydroxylation is 1. The molecule has 1 aliphatic rings. The van der Waals surface area contributed by atoms with E-state index in [4.69, 9.17) is 4.42 Å². The first-order chi connectivity index (χ1) is 13.0. The second-order valence-corrected chi connectivity index (χ2v) is 8.21. The molecule has 7 heteroatoms. The molecule has 27 heavy (non-hydrogen) atoms. The van der Waals surface area contributed by atoms with Crippen LogP contribution < -0.4 is 4.90 Å². The third kappa shape index (κ3) is 3.06. The van der Waals surface area contributed by atoms with Crippen molar-refractivity contribution >= 4 is 23.4 Å². The maximum Gasteiger partial charge on any atom is 0.240 e. The highest BCUT2D eigenvalue weighted by Crippen LogP contribution is 2.35. The van der Waals surface area contributed by atoms with Crippen LogP contribution in [0.2, 0.25) is 0 Å². The average molecular weight is 382 g/mol. The zero-order valence-electron chi connectivity index (χ0n) is 15.8. The number of thioether (sulfide) groups is 1. The molecule has 0 bridgehead atoms. The van der Waals surface area contributed by atoms with Crippen LogP contribution in [0.4, 0.5) is 5.69 Å². The van der Waals surface area contributed by atoms with Crippen LogP contribution in [0.25, 0.3) is 11.4 Å². The summed E-state index contributed by atoms with van der Waals surface area (Å²) in [5.41, 5.74) is 3.17. The van der Waals surface area contributed by atoms with E-state index in [1.165, 1.54) is 17.3 Å². The van der Waals surface area contributed by atoms with Gasteiger partial charge in [-0.3, -0.25) is 4.79 Å². The standard InChI is InChI=1S/C20H22N4O2S/c1-12-11-15-7-5-6-8-17(15)24(12)19(25)14(3)27-20-22-21-18(23(20)4)16-9-10-26-13(16)2/h5-10,12,14H,11H2,1-4H3/t12-,14+/m0/s1. The predicted molar refractivity (Wildman–Crippen MR) is 106 cm³/mol. The Bertz CT molecular complexity index is 994. The molecule has 2 aromatic heterocycles. The number of carbonyl (C=O) groups excluding carboxylic acids is 1. The molecule has 4 rings (SSSR count). The van der Waals surface area contributed by atoms with Gasteiger partial charge < -0.3 is 13.9 Å². The highest BCUT2D eigenvalue weighted by Gasteiger charge is 2.34. The van der Waals surface area contributed by atoms with Crippen molar-refractivity contribution in [2.75, 3.05) is 4.90 Å². The summed E-state index contributed by atoms with van der Waals surface area (Å²) in [5, 5.41) is 9.03. The van der Waals surface area contributed by atoms with Gasteiger partial charge in [0, 0.05) is 18.8 Å². The molecule has 0 fully saturated rings. The van der Waals surface area contributed by atoms with Gasteiger partial charge in [0.05, 0.1) is 17.1 Å². The Kier molecular flexibility index (Phi) is 4.55. The van der Waals surface area contributed by atoms with Gasteiger partial charge in [-0.05, 0) is 44.9 Å². The molecule has 0 unspecified atom stereocenters. The first-order valence-corrected chi connectivity index (χ1v) is 9.87.